The zero-order valence-corrected chi connectivity index (χ0v) is 21.6. The Morgan fingerprint density at radius 3 is 2.38 bits per heavy atom. The maximum Gasteiger partial charge on any atom is 0.342 e. The Bertz CT molecular complexity index is 1060. The molecule has 1 heterocycles. The molecule has 0 bridgehead atoms. The van der Waals surface area contributed by atoms with Crippen LogP contribution in [0.25, 0.3) is 0 Å². The first-order valence-corrected chi connectivity index (χ1v) is 12.8. The molecule has 0 fully saturated rings. The van der Waals surface area contributed by atoms with Crippen molar-refractivity contribution >= 4 is 11.8 Å². The molecule has 0 spiro atoms. The highest BCUT2D eigenvalue weighted by Gasteiger charge is 2.25. The lowest BCUT2D eigenvalue weighted by molar-refractivity contribution is -0.114. The second-order valence-electron chi connectivity index (χ2n) is 8.51. The first-order chi connectivity index (χ1) is 18.1. The molecule has 0 aliphatic carbocycles. The van der Waals surface area contributed by atoms with Gasteiger partial charge in [-0.25, -0.2) is 4.79 Å². The molecule has 1 aliphatic rings. The van der Waals surface area contributed by atoms with Crippen molar-refractivity contribution in [3.05, 3.63) is 83.5 Å². The van der Waals surface area contributed by atoms with Crippen LogP contribution in [0.1, 0.15) is 54.6 Å². The Morgan fingerprint density at radius 2 is 1.62 bits per heavy atom. The molecule has 0 amide bonds. The molecule has 0 radical (unpaired) electrons. The molecule has 0 unspecified atom stereocenters. The molecular weight excluding hydrogens is 472 g/mol. The van der Waals surface area contributed by atoms with Crippen LogP contribution in [0.4, 0.5) is 0 Å². The summed E-state index contributed by atoms with van der Waals surface area (Å²) in [7, 11) is 0. The van der Waals surface area contributed by atoms with Gasteiger partial charge in [-0.1, -0.05) is 48.6 Å². The summed E-state index contributed by atoms with van der Waals surface area (Å²) in [6.45, 7) is 4.63. The Morgan fingerprint density at radius 1 is 0.892 bits per heavy atom. The van der Waals surface area contributed by atoms with Crippen molar-refractivity contribution in [1.29, 1.82) is 0 Å². The highest BCUT2D eigenvalue weighted by Crippen LogP contribution is 2.32. The molecule has 7 nitrogen and oxygen atoms in total. The minimum atomic E-state index is -0.555. The molecule has 0 saturated heterocycles. The largest absolute Gasteiger partial charge is 0.467 e. The second kappa shape index (κ2) is 15.6. The number of esters is 1. The predicted octanol–water partition coefficient (Wildman–Crippen LogP) is 5.61. The molecule has 0 N–H and O–H groups in total. The Balaban J connectivity index is 2.00. The maximum atomic E-state index is 13.6. The smallest absolute Gasteiger partial charge is 0.342 e. The molecule has 2 aromatic carbocycles. The van der Waals surface area contributed by atoms with Gasteiger partial charge in [-0.05, 0) is 50.0 Å². The number of carbonyl (C=O) groups excluding carboxylic acids is 2. The zero-order valence-electron chi connectivity index (χ0n) is 21.6. The van der Waals surface area contributed by atoms with Gasteiger partial charge in [0.25, 0.3) is 0 Å². The van der Waals surface area contributed by atoms with E-state index in [2.05, 4.69) is 6.08 Å². The molecule has 2 aromatic rings. The standard InChI is InChI=1S/C30H36O7/c1-3-33-21-35-27-19-24-18-25(31)15-11-6-5-7-12-16-26(17-23-13-9-8-10-14-23)37-30(32)29(24)28(20-27)36-22-34-4-2/h7-15,19-20,26H,3-6,16-18,21-22H2,1-2H3/b12-7+,15-11+/t26-/m0/s1. The normalized spacial score (nSPS) is 18.3. The number of ether oxygens (including phenoxy) is 5. The van der Waals surface area contributed by atoms with E-state index in [0.717, 1.165) is 18.4 Å². The van der Waals surface area contributed by atoms with Crippen molar-refractivity contribution in [2.75, 3.05) is 26.8 Å². The van der Waals surface area contributed by atoms with Crippen LogP contribution < -0.4 is 9.47 Å². The summed E-state index contributed by atoms with van der Waals surface area (Å²) < 4.78 is 28.2. The van der Waals surface area contributed by atoms with Gasteiger partial charge in [-0.2, -0.15) is 0 Å². The first-order valence-electron chi connectivity index (χ1n) is 12.8. The topological polar surface area (TPSA) is 80.3 Å². The molecule has 37 heavy (non-hydrogen) atoms. The van der Waals surface area contributed by atoms with Gasteiger partial charge < -0.3 is 23.7 Å². The van der Waals surface area contributed by atoms with E-state index in [1.165, 1.54) is 0 Å². The zero-order chi connectivity index (χ0) is 26.3. The van der Waals surface area contributed by atoms with E-state index >= 15 is 0 Å². The first kappa shape index (κ1) is 28.2. The van der Waals surface area contributed by atoms with Crippen LogP contribution in [-0.2, 0) is 31.8 Å². The number of fused-ring (bicyclic) bond motifs is 1. The highest BCUT2D eigenvalue weighted by molar-refractivity contribution is 5.98. The van der Waals surface area contributed by atoms with E-state index in [9.17, 15) is 9.59 Å². The van der Waals surface area contributed by atoms with Gasteiger partial charge >= 0.3 is 5.97 Å². The number of rotatable bonds is 10. The van der Waals surface area contributed by atoms with Crippen molar-refractivity contribution in [2.45, 2.75) is 52.1 Å². The summed E-state index contributed by atoms with van der Waals surface area (Å²) in [5, 5.41) is 0. The van der Waals surface area contributed by atoms with Gasteiger partial charge in [0.15, 0.2) is 19.4 Å². The van der Waals surface area contributed by atoms with E-state index in [1.807, 2.05) is 56.3 Å². The van der Waals surface area contributed by atoms with Crippen molar-refractivity contribution in [3.63, 3.8) is 0 Å². The monoisotopic (exact) mass is 508 g/mol. The van der Waals surface area contributed by atoms with E-state index in [4.69, 9.17) is 23.7 Å². The number of benzene rings is 2. The maximum absolute atomic E-state index is 13.6. The SMILES string of the molecule is CCOCOc1cc2c(c(OCOCC)c1)C(=O)O[C@H](Cc1ccccc1)C/C=C/CC/C=C/C(=O)C2. The lowest BCUT2D eigenvalue weighted by atomic mass is 9.99. The minimum Gasteiger partial charge on any atom is -0.467 e. The number of hydrogen-bond donors (Lipinski definition) is 0. The highest BCUT2D eigenvalue weighted by atomic mass is 16.7. The molecule has 1 aliphatic heterocycles. The summed E-state index contributed by atoms with van der Waals surface area (Å²) in [4.78, 5) is 26.4. The summed E-state index contributed by atoms with van der Waals surface area (Å²) in [6, 6.07) is 13.2. The Hall–Kier alpha value is -3.42. The van der Waals surface area contributed by atoms with Crippen molar-refractivity contribution < 1.29 is 33.3 Å². The number of ketones is 1. The number of allylic oxidation sites excluding steroid dienone is 3. The summed E-state index contributed by atoms with van der Waals surface area (Å²) in [5.41, 5.74) is 1.73. The molecule has 7 heteroatoms. The van der Waals surface area contributed by atoms with Crippen LogP contribution >= 0.6 is 0 Å². The predicted molar refractivity (Wildman–Crippen MR) is 141 cm³/mol. The van der Waals surface area contributed by atoms with Crippen LogP contribution in [0, 0.1) is 0 Å². The molecule has 198 valence electrons. The molecular formula is C30H36O7. The number of hydrogen-bond acceptors (Lipinski definition) is 7. The van der Waals surface area contributed by atoms with Crippen LogP contribution in [0.5, 0.6) is 11.5 Å². The molecule has 3 rings (SSSR count). The van der Waals surface area contributed by atoms with Crippen LogP contribution in [-0.4, -0.2) is 44.7 Å². The van der Waals surface area contributed by atoms with E-state index in [1.54, 1.807) is 18.2 Å². The van der Waals surface area contributed by atoms with Gasteiger partial charge in [0.1, 0.15) is 23.2 Å². The fourth-order valence-electron chi connectivity index (χ4n) is 3.88. The van der Waals surface area contributed by atoms with E-state index in [0.29, 0.717) is 37.4 Å². The average Bonchev–Trinajstić information content (AvgIpc) is 2.88. The van der Waals surface area contributed by atoms with Gasteiger partial charge in [0.2, 0.25) is 0 Å². The van der Waals surface area contributed by atoms with Gasteiger partial charge in [0.05, 0.1) is 0 Å². The van der Waals surface area contributed by atoms with Gasteiger partial charge in [0, 0.05) is 38.5 Å². The van der Waals surface area contributed by atoms with E-state index < -0.39 is 5.97 Å². The lowest BCUT2D eigenvalue weighted by Gasteiger charge is -2.21. The lowest BCUT2D eigenvalue weighted by Crippen LogP contribution is -2.23. The molecule has 0 aromatic heterocycles. The third kappa shape index (κ3) is 9.52. The van der Waals surface area contributed by atoms with Gasteiger partial charge in [-0.15, -0.1) is 0 Å². The third-order valence-corrected chi connectivity index (χ3v) is 5.69. The van der Waals surface area contributed by atoms with Crippen molar-refractivity contribution in [2.24, 2.45) is 0 Å². The molecule has 0 saturated carbocycles. The summed E-state index contributed by atoms with van der Waals surface area (Å²) in [6.07, 6.45) is 9.80. The quantitative estimate of drug-likeness (QED) is 0.179. The van der Waals surface area contributed by atoms with Crippen molar-refractivity contribution in [3.8, 4) is 11.5 Å². The summed E-state index contributed by atoms with van der Waals surface area (Å²) >= 11 is 0. The van der Waals surface area contributed by atoms with Crippen LogP contribution in [0.15, 0.2) is 66.8 Å². The minimum absolute atomic E-state index is 0.00302. The average molecular weight is 509 g/mol. The van der Waals surface area contributed by atoms with Crippen LogP contribution in [0.2, 0.25) is 0 Å². The number of cyclic esters (lactones) is 1. The van der Waals surface area contributed by atoms with Crippen LogP contribution in [0.3, 0.4) is 0 Å². The fourth-order valence-corrected chi connectivity index (χ4v) is 3.88. The fraction of sp³-hybridized carbons (Fsp3) is 0.400. The summed E-state index contributed by atoms with van der Waals surface area (Å²) in [5.74, 6) is -0.0249. The second-order valence-corrected chi connectivity index (χ2v) is 8.51. The Kier molecular flexibility index (Phi) is 11.9. The number of carbonyl (C=O) groups is 2. The van der Waals surface area contributed by atoms with E-state index in [-0.39, 0.29) is 43.2 Å². The Labute approximate surface area is 219 Å². The van der Waals surface area contributed by atoms with Gasteiger partial charge in [-0.3, -0.25) is 4.79 Å². The third-order valence-electron chi connectivity index (χ3n) is 5.69. The van der Waals surface area contributed by atoms with Crippen molar-refractivity contribution in [1.82, 2.24) is 0 Å². The molecule has 1 atom stereocenters.